The lowest BCUT2D eigenvalue weighted by Crippen LogP contribution is -2.15. The van der Waals surface area contributed by atoms with Gasteiger partial charge in [-0.1, -0.05) is 46.3 Å². The van der Waals surface area contributed by atoms with Gasteiger partial charge in [0, 0.05) is 8.95 Å². The number of carbonyl (C=O) groups excluding carboxylic acids is 1. The molecule has 2 rings (SSSR count). The van der Waals surface area contributed by atoms with E-state index in [0.717, 1.165) is 14.5 Å². The molecule has 2 aromatic carbocycles. The molecular formula is C17H18Br2O3. The van der Waals surface area contributed by atoms with Gasteiger partial charge in [0.1, 0.15) is 0 Å². The molecule has 118 valence electrons. The van der Waals surface area contributed by atoms with Crippen LogP contribution in [0.25, 0.3) is 0 Å². The summed E-state index contributed by atoms with van der Waals surface area (Å²) in [6, 6.07) is 14.8. The second kappa shape index (κ2) is 8.46. The van der Waals surface area contributed by atoms with Crippen molar-refractivity contribution in [3.8, 4) is 0 Å². The second-order valence-electron chi connectivity index (χ2n) is 5.01. The summed E-state index contributed by atoms with van der Waals surface area (Å²) in [5.41, 5.74) is 0.704. The zero-order valence-corrected chi connectivity index (χ0v) is 15.8. The maximum atomic E-state index is 11.0. The van der Waals surface area contributed by atoms with E-state index in [1.54, 1.807) is 32.0 Å². The van der Waals surface area contributed by atoms with Gasteiger partial charge in [-0.15, -0.1) is 0 Å². The van der Waals surface area contributed by atoms with Gasteiger partial charge in [-0.25, -0.2) is 4.79 Å². The minimum absolute atomic E-state index is 0.322. The smallest absolute Gasteiger partial charge is 0.338 e. The Balaban J connectivity index is 0.000000220. The number of carbonyl (C=O) groups is 1. The van der Waals surface area contributed by atoms with Crippen LogP contribution in [0.1, 0.15) is 29.8 Å². The molecule has 1 N–H and O–H groups in total. The molecule has 2 aromatic rings. The van der Waals surface area contributed by atoms with Gasteiger partial charge in [0.15, 0.2) is 0 Å². The summed E-state index contributed by atoms with van der Waals surface area (Å²) in [4.78, 5) is 11.0. The summed E-state index contributed by atoms with van der Waals surface area (Å²) >= 11 is 6.61. The summed E-state index contributed by atoms with van der Waals surface area (Å²) in [5.74, 6) is -0.322. The van der Waals surface area contributed by atoms with Crippen molar-refractivity contribution in [2.24, 2.45) is 0 Å². The molecular weight excluding hydrogens is 412 g/mol. The molecule has 0 aliphatic carbocycles. The number of methoxy groups -OCH3 is 1. The molecule has 0 saturated heterocycles. The molecule has 0 spiro atoms. The van der Waals surface area contributed by atoms with Crippen LogP contribution in [0.5, 0.6) is 0 Å². The van der Waals surface area contributed by atoms with Crippen molar-refractivity contribution in [1.82, 2.24) is 0 Å². The summed E-state index contributed by atoms with van der Waals surface area (Å²) < 4.78 is 6.26. The van der Waals surface area contributed by atoms with E-state index >= 15 is 0 Å². The zero-order chi connectivity index (χ0) is 16.8. The summed E-state index contributed by atoms with van der Waals surface area (Å²) in [6.07, 6.45) is 0. The van der Waals surface area contributed by atoms with Crippen molar-refractivity contribution in [3.63, 3.8) is 0 Å². The van der Waals surface area contributed by atoms with Crippen LogP contribution >= 0.6 is 31.9 Å². The standard InChI is InChI=1S/C9H11BrO.C8H7BrO2/c1-9(2,11)7-5-3-4-6-8(7)10;1-11-8(10)6-4-2-3-5-7(6)9/h3-6,11H,1-2H3;2-5H,1H3. The highest BCUT2D eigenvalue weighted by atomic mass is 79.9. The van der Waals surface area contributed by atoms with Gasteiger partial charge in [-0.05, 0) is 53.5 Å². The number of aliphatic hydroxyl groups is 1. The first-order valence-electron chi connectivity index (χ1n) is 6.57. The van der Waals surface area contributed by atoms with Gasteiger partial charge in [0.05, 0.1) is 18.3 Å². The van der Waals surface area contributed by atoms with Crippen LogP contribution in [0.3, 0.4) is 0 Å². The van der Waals surface area contributed by atoms with E-state index < -0.39 is 5.60 Å². The molecule has 0 aliphatic heterocycles. The van der Waals surface area contributed by atoms with Gasteiger partial charge >= 0.3 is 5.97 Å². The topological polar surface area (TPSA) is 46.5 Å². The van der Waals surface area contributed by atoms with Gasteiger partial charge in [0.25, 0.3) is 0 Å². The van der Waals surface area contributed by atoms with Crippen LogP contribution in [0, 0.1) is 0 Å². The van der Waals surface area contributed by atoms with Crippen LogP contribution < -0.4 is 0 Å². The first-order valence-corrected chi connectivity index (χ1v) is 8.16. The van der Waals surface area contributed by atoms with Crippen molar-refractivity contribution in [2.75, 3.05) is 7.11 Å². The van der Waals surface area contributed by atoms with Crippen molar-refractivity contribution >= 4 is 37.8 Å². The third-order valence-electron chi connectivity index (χ3n) is 2.81. The molecule has 0 unspecified atom stereocenters. The Hall–Kier alpha value is -1.17. The van der Waals surface area contributed by atoms with E-state index in [-0.39, 0.29) is 5.97 Å². The Morgan fingerprint density at radius 1 is 1.00 bits per heavy atom. The van der Waals surface area contributed by atoms with Crippen molar-refractivity contribution in [3.05, 3.63) is 68.6 Å². The van der Waals surface area contributed by atoms with E-state index in [0.29, 0.717) is 5.56 Å². The summed E-state index contributed by atoms with van der Waals surface area (Å²) in [7, 11) is 1.36. The van der Waals surface area contributed by atoms with Crippen LogP contribution in [0.2, 0.25) is 0 Å². The predicted molar refractivity (Wildman–Crippen MR) is 94.9 cm³/mol. The average molecular weight is 430 g/mol. The fraction of sp³-hybridized carbons (Fsp3) is 0.235. The quantitative estimate of drug-likeness (QED) is 0.689. The average Bonchev–Trinajstić information content (AvgIpc) is 2.47. The minimum Gasteiger partial charge on any atom is -0.465 e. The molecule has 0 aromatic heterocycles. The normalized spacial score (nSPS) is 10.5. The highest BCUT2D eigenvalue weighted by molar-refractivity contribution is 9.10. The van der Waals surface area contributed by atoms with E-state index in [4.69, 9.17) is 0 Å². The van der Waals surface area contributed by atoms with Crippen molar-refractivity contribution in [2.45, 2.75) is 19.4 Å². The van der Waals surface area contributed by atoms with E-state index in [1.165, 1.54) is 7.11 Å². The van der Waals surface area contributed by atoms with Crippen molar-refractivity contribution < 1.29 is 14.6 Å². The van der Waals surface area contributed by atoms with E-state index in [2.05, 4.69) is 36.6 Å². The number of rotatable bonds is 2. The Labute approximate surface area is 147 Å². The maximum absolute atomic E-state index is 11.0. The van der Waals surface area contributed by atoms with E-state index in [9.17, 15) is 9.90 Å². The molecule has 0 aliphatic rings. The fourth-order valence-corrected chi connectivity index (χ4v) is 2.91. The Morgan fingerprint density at radius 3 is 1.91 bits per heavy atom. The molecule has 5 heteroatoms. The van der Waals surface area contributed by atoms with Crippen LogP contribution in [-0.2, 0) is 10.3 Å². The molecule has 0 radical (unpaired) electrons. The number of esters is 1. The molecule has 0 bridgehead atoms. The maximum Gasteiger partial charge on any atom is 0.338 e. The van der Waals surface area contributed by atoms with Crippen LogP contribution in [0.15, 0.2) is 57.5 Å². The van der Waals surface area contributed by atoms with Crippen LogP contribution in [-0.4, -0.2) is 18.2 Å². The number of benzene rings is 2. The lowest BCUT2D eigenvalue weighted by atomic mass is 9.99. The van der Waals surface area contributed by atoms with Gasteiger partial charge in [0.2, 0.25) is 0 Å². The molecule has 0 saturated carbocycles. The molecule has 0 amide bonds. The molecule has 0 fully saturated rings. The van der Waals surface area contributed by atoms with Gasteiger partial charge in [-0.2, -0.15) is 0 Å². The van der Waals surface area contributed by atoms with E-state index in [1.807, 2.05) is 30.3 Å². The lowest BCUT2D eigenvalue weighted by Gasteiger charge is -2.18. The number of hydrogen-bond acceptors (Lipinski definition) is 3. The summed E-state index contributed by atoms with van der Waals surface area (Å²) in [5, 5.41) is 9.64. The Bertz CT molecular complexity index is 634. The highest BCUT2D eigenvalue weighted by Gasteiger charge is 2.17. The number of hydrogen-bond donors (Lipinski definition) is 1. The number of halogens is 2. The molecule has 0 heterocycles. The lowest BCUT2D eigenvalue weighted by molar-refractivity contribution is 0.0599. The monoisotopic (exact) mass is 428 g/mol. The SMILES string of the molecule is CC(C)(O)c1ccccc1Br.COC(=O)c1ccccc1Br. The number of ether oxygens (including phenoxy) is 1. The van der Waals surface area contributed by atoms with Crippen molar-refractivity contribution in [1.29, 1.82) is 0 Å². The molecule has 22 heavy (non-hydrogen) atoms. The molecule has 3 nitrogen and oxygen atoms in total. The predicted octanol–water partition coefficient (Wildman–Crippen LogP) is 4.91. The highest BCUT2D eigenvalue weighted by Crippen LogP contribution is 2.26. The van der Waals surface area contributed by atoms with Crippen LogP contribution in [0.4, 0.5) is 0 Å². The third kappa shape index (κ3) is 5.55. The Morgan fingerprint density at radius 2 is 1.50 bits per heavy atom. The largest absolute Gasteiger partial charge is 0.465 e. The van der Waals surface area contributed by atoms with Gasteiger partial charge < -0.3 is 9.84 Å². The molecule has 0 atom stereocenters. The first kappa shape index (κ1) is 18.9. The zero-order valence-electron chi connectivity index (χ0n) is 12.6. The second-order valence-corrected chi connectivity index (χ2v) is 6.72. The Kier molecular flexibility index (Phi) is 7.26. The third-order valence-corrected chi connectivity index (χ3v) is 4.20. The summed E-state index contributed by atoms with van der Waals surface area (Å²) in [6.45, 7) is 3.54. The minimum atomic E-state index is -0.764. The first-order chi connectivity index (χ1) is 10.3. The van der Waals surface area contributed by atoms with Gasteiger partial charge in [-0.3, -0.25) is 0 Å². The fourth-order valence-electron chi connectivity index (χ4n) is 1.69.